The highest BCUT2D eigenvalue weighted by atomic mass is 19.3. The predicted octanol–water partition coefficient (Wildman–Crippen LogP) is 2.76. The number of carbonyl (C=O) groups excluding carboxylic acids is 1. The topological polar surface area (TPSA) is 65.1 Å². The molecule has 1 amide bonds. The molecule has 8 heteroatoms. The van der Waals surface area contributed by atoms with Gasteiger partial charge in [0.05, 0.1) is 30.4 Å². The molecule has 1 N–H and O–H groups in total. The van der Waals surface area contributed by atoms with E-state index in [2.05, 4.69) is 15.2 Å². The lowest BCUT2D eigenvalue weighted by Gasteiger charge is -2.49. The number of amides is 1. The quantitative estimate of drug-likeness (QED) is 0.873. The zero-order valence-corrected chi connectivity index (χ0v) is 16.0. The number of halogens is 2. The number of likely N-dealkylation sites (tertiary alicyclic amines) is 2. The molecule has 28 heavy (non-hydrogen) atoms. The molecule has 2 aliphatic heterocycles. The Labute approximate surface area is 162 Å². The number of hydrogen-bond donors (Lipinski definition) is 1. The molecular weight excluding hydrogens is 364 g/mol. The fourth-order valence-electron chi connectivity index (χ4n) is 4.65. The van der Waals surface area contributed by atoms with E-state index in [0.717, 1.165) is 23.4 Å². The summed E-state index contributed by atoms with van der Waals surface area (Å²) in [5.74, 6) is -3.05. The third kappa shape index (κ3) is 3.92. The summed E-state index contributed by atoms with van der Waals surface area (Å²) >= 11 is 0. The average Bonchev–Trinajstić information content (AvgIpc) is 3.11. The summed E-state index contributed by atoms with van der Waals surface area (Å²) in [6.45, 7) is 3.25. The molecule has 150 valence electrons. The molecule has 2 aliphatic rings. The van der Waals surface area contributed by atoms with Gasteiger partial charge >= 0.3 is 0 Å². The number of aromatic nitrogens is 3. The minimum absolute atomic E-state index is 0.168. The minimum atomic E-state index is -2.89. The zero-order chi connectivity index (χ0) is 19.8. The van der Waals surface area contributed by atoms with Gasteiger partial charge in [-0.3, -0.25) is 19.8 Å². The Morgan fingerprint density at radius 3 is 2.86 bits per heavy atom. The number of rotatable bonds is 4. The number of pyridine rings is 1. The van der Waals surface area contributed by atoms with Gasteiger partial charge in [0.2, 0.25) is 5.91 Å². The van der Waals surface area contributed by atoms with Crippen molar-refractivity contribution in [1.29, 1.82) is 0 Å². The van der Waals surface area contributed by atoms with Crippen LogP contribution in [-0.2, 0) is 17.9 Å². The third-order valence-corrected chi connectivity index (χ3v) is 5.66. The van der Waals surface area contributed by atoms with Crippen LogP contribution in [0.3, 0.4) is 0 Å². The summed E-state index contributed by atoms with van der Waals surface area (Å²) in [5, 5.41) is 6.60. The Bertz CT molecular complexity index is 841. The van der Waals surface area contributed by atoms with Crippen molar-refractivity contribution in [3.05, 3.63) is 47.5 Å². The summed E-state index contributed by atoms with van der Waals surface area (Å²) < 4.78 is 29.3. The van der Waals surface area contributed by atoms with Gasteiger partial charge in [-0.1, -0.05) is 6.07 Å². The number of piperidine rings is 2. The van der Waals surface area contributed by atoms with Gasteiger partial charge in [0.25, 0.3) is 5.92 Å². The second-order valence-corrected chi connectivity index (χ2v) is 8.17. The van der Waals surface area contributed by atoms with Crippen molar-refractivity contribution in [2.45, 2.75) is 45.2 Å². The number of H-pyrrole nitrogens is 1. The molecule has 2 aromatic heterocycles. The van der Waals surface area contributed by atoms with Crippen LogP contribution in [0.2, 0.25) is 0 Å². The molecular formula is C20H25F2N5O. The van der Waals surface area contributed by atoms with Gasteiger partial charge in [-0.15, -0.1) is 0 Å². The van der Waals surface area contributed by atoms with Gasteiger partial charge in [-0.2, -0.15) is 5.10 Å². The van der Waals surface area contributed by atoms with Crippen molar-refractivity contribution in [2.75, 3.05) is 19.6 Å². The highest BCUT2D eigenvalue weighted by Gasteiger charge is 2.55. The van der Waals surface area contributed by atoms with E-state index in [1.54, 1.807) is 22.2 Å². The van der Waals surface area contributed by atoms with Crippen LogP contribution in [0.5, 0.6) is 0 Å². The van der Waals surface area contributed by atoms with E-state index in [9.17, 15) is 13.6 Å². The summed E-state index contributed by atoms with van der Waals surface area (Å²) in [7, 11) is 0. The van der Waals surface area contributed by atoms with Crippen LogP contribution in [0.4, 0.5) is 8.78 Å². The van der Waals surface area contributed by atoms with E-state index >= 15 is 0 Å². The van der Waals surface area contributed by atoms with E-state index in [1.807, 2.05) is 25.1 Å². The van der Waals surface area contributed by atoms with Crippen LogP contribution >= 0.6 is 0 Å². The highest BCUT2D eigenvalue weighted by Crippen LogP contribution is 2.45. The second-order valence-electron chi connectivity index (χ2n) is 8.17. The van der Waals surface area contributed by atoms with Crippen molar-refractivity contribution in [3.8, 4) is 0 Å². The summed E-state index contributed by atoms with van der Waals surface area (Å²) in [6.07, 6.45) is 4.20. The third-order valence-electron chi connectivity index (χ3n) is 5.66. The normalized spacial score (nSPS) is 25.4. The van der Waals surface area contributed by atoms with Crippen LogP contribution in [0.25, 0.3) is 0 Å². The smallest absolute Gasteiger partial charge is 0.261 e. The molecule has 0 aromatic carbocycles. The Balaban J connectivity index is 1.54. The molecule has 0 radical (unpaired) electrons. The van der Waals surface area contributed by atoms with Gasteiger partial charge in [0, 0.05) is 43.5 Å². The molecule has 4 rings (SSSR count). The summed E-state index contributed by atoms with van der Waals surface area (Å²) in [4.78, 5) is 21.2. The molecule has 1 spiro atoms. The van der Waals surface area contributed by atoms with Crippen LogP contribution in [-0.4, -0.2) is 56.4 Å². The monoisotopic (exact) mass is 389 g/mol. The van der Waals surface area contributed by atoms with E-state index in [4.69, 9.17) is 0 Å². The summed E-state index contributed by atoms with van der Waals surface area (Å²) in [6, 6.07) is 5.68. The fraction of sp³-hybridized carbons (Fsp3) is 0.550. The molecule has 0 aliphatic carbocycles. The molecule has 0 bridgehead atoms. The molecule has 2 saturated heterocycles. The lowest BCUT2D eigenvalue weighted by molar-refractivity contribution is -0.170. The van der Waals surface area contributed by atoms with Crippen LogP contribution in [0, 0.1) is 12.3 Å². The molecule has 1 atom stereocenters. The Hall–Kier alpha value is -2.35. The Morgan fingerprint density at radius 1 is 1.25 bits per heavy atom. The standard InChI is InChI=1S/C20H25F2N5O/c1-15-4-2-5-17(25-15)11-27-7-3-6-19(18(27)28)12-20(21,22)14-26(13-19)10-16-8-23-24-9-16/h2,4-5,8-9H,3,6-7,10-14H2,1H3,(H,23,24)/t19-/m0/s1. The van der Waals surface area contributed by atoms with Crippen molar-refractivity contribution < 1.29 is 13.6 Å². The van der Waals surface area contributed by atoms with Gasteiger partial charge in [0.1, 0.15) is 0 Å². The van der Waals surface area contributed by atoms with Crippen molar-refractivity contribution in [2.24, 2.45) is 5.41 Å². The summed E-state index contributed by atoms with van der Waals surface area (Å²) in [5.41, 5.74) is 1.49. The molecule has 0 saturated carbocycles. The van der Waals surface area contributed by atoms with E-state index in [1.165, 1.54) is 0 Å². The molecule has 2 aromatic rings. The zero-order valence-electron chi connectivity index (χ0n) is 16.0. The highest BCUT2D eigenvalue weighted by molar-refractivity contribution is 5.84. The molecule has 0 unspecified atom stereocenters. The number of nitrogens with zero attached hydrogens (tertiary/aromatic N) is 4. The average molecular weight is 389 g/mol. The number of aromatic amines is 1. The number of alkyl halides is 2. The maximum Gasteiger partial charge on any atom is 0.261 e. The first-order valence-electron chi connectivity index (χ1n) is 9.65. The first kappa shape index (κ1) is 19.0. The van der Waals surface area contributed by atoms with Crippen LogP contribution in [0.1, 0.15) is 36.2 Å². The number of aryl methyl sites for hydroxylation is 1. The van der Waals surface area contributed by atoms with E-state index < -0.39 is 11.3 Å². The number of nitrogens with one attached hydrogen (secondary N) is 1. The van der Waals surface area contributed by atoms with Crippen molar-refractivity contribution in [3.63, 3.8) is 0 Å². The van der Waals surface area contributed by atoms with Gasteiger partial charge < -0.3 is 4.90 Å². The molecule has 6 nitrogen and oxygen atoms in total. The maximum atomic E-state index is 14.6. The second kappa shape index (κ2) is 7.24. The fourth-order valence-corrected chi connectivity index (χ4v) is 4.65. The predicted molar refractivity (Wildman–Crippen MR) is 99.5 cm³/mol. The lowest BCUT2D eigenvalue weighted by atomic mass is 9.71. The van der Waals surface area contributed by atoms with E-state index in [-0.39, 0.29) is 18.9 Å². The van der Waals surface area contributed by atoms with Gasteiger partial charge in [-0.25, -0.2) is 8.78 Å². The number of carbonyl (C=O) groups is 1. The first-order valence-corrected chi connectivity index (χ1v) is 9.65. The van der Waals surface area contributed by atoms with E-state index in [0.29, 0.717) is 32.6 Å². The minimum Gasteiger partial charge on any atom is -0.336 e. The van der Waals surface area contributed by atoms with Gasteiger partial charge in [0.15, 0.2) is 0 Å². The van der Waals surface area contributed by atoms with Crippen molar-refractivity contribution >= 4 is 5.91 Å². The SMILES string of the molecule is Cc1cccc(CN2CCC[C@]3(CN(Cc4cn[nH]c4)CC(F)(F)C3)C2=O)n1. The Kier molecular flexibility index (Phi) is 4.91. The maximum absolute atomic E-state index is 14.6. The molecule has 2 fully saturated rings. The van der Waals surface area contributed by atoms with Crippen LogP contribution < -0.4 is 0 Å². The largest absolute Gasteiger partial charge is 0.336 e. The van der Waals surface area contributed by atoms with Crippen molar-refractivity contribution in [1.82, 2.24) is 25.0 Å². The molecule has 4 heterocycles. The first-order chi connectivity index (χ1) is 13.4. The lowest BCUT2D eigenvalue weighted by Crippen LogP contribution is -2.60. The number of hydrogen-bond acceptors (Lipinski definition) is 4. The Morgan fingerprint density at radius 2 is 2.11 bits per heavy atom. The van der Waals surface area contributed by atoms with Gasteiger partial charge in [-0.05, 0) is 31.9 Å². The van der Waals surface area contributed by atoms with Crippen LogP contribution in [0.15, 0.2) is 30.6 Å².